The minimum atomic E-state index is -0.153. The highest BCUT2D eigenvalue weighted by atomic mass is 127. The summed E-state index contributed by atoms with van der Waals surface area (Å²) in [5.41, 5.74) is 5.34. The predicted molar refractivity (Wildman–Crippen MR) is 98.7 cm³/mol. The summed E-state index contributed by atoms with van der Waals surface area (Å²) in [5, 5.41) is 2.88. The molecule has 2 rings (SSSR count). The molecule has 0 aliphatic rings. The fraction of sp³-hybridized carbons (Fsp3) is 0.278. The van der Waals surface area contributed by atoms with Crippen molar-refractivity contribution in [2.45, 2.75) is 27.7 Å². The summed E-state index contributed by atoms with van der Waals surface area (Å²) >= 11 is 2.31. The Bertz CT molecular complexity index is 687. The third-order valence-electron chi connectivity index (χ3n) is 3.41. The second kappa shape index (κ2) is 7.13. The number of amides is 1. The van der Waals surface area contributed by atoms with E-state index in [4.69, 9.17) is 4.74 Å². The van der Waals surface area contributed by atoms with Crippen molar-refractivity contribution >= 4 is 34.2 Å². The topological polar surface area (TPSA) is 38.3 Å². The first-order valence-corrected chi connectivity index (χ1v) is 8.21. The number of carbonyl (C=O) groups is 1. The number of aryl methyl sites for hydroxylation is 4. The van der Waals surface area contributed by atoms with Crippen LogP contribution in [0, 0.1) is 31.3 Å². The maximum atomic E-state index is 12.0. The molecule has 116 valence electrons. The third-order valence-corrected chi connectivity index (χ3v) is 5.11. The fourth-order valence-electron chi connectivity index (χ4n) is 2.32. The molecule has 0 unspecified atom stereocenters. The number of anilines is 1. The maximum Gasteiger partial charge on any atom is 0.262 e. The van der Waals surface area contributed by atoms with Crippen molar-refractivity contribution in [2.75, 3.05) is 11.9 Å². The fourth-order valence-corrected chi connectivity index (χ4v) is 2.63. The van der Waals surface area contributed by atoms with E-state index in [0.29, 0.717) is 0 Å². The van der Waals surface area contributed by atoms with Crippen LogP contribution in [0.15, 0.2) is 30.3 Å². The van der Waals surface area contributed by atoms with Gasteiger partial charge in [0.15, 0.2) is 6.61 Å². The Morgan fingerprint density at radius 3 is 2.27 bits per heavy atom. The summed E-state index contributed by atoms with van der Waals surface area (Å²) in [6, 6.07) is 9.87. The van der Waals surface area contributed by atoms with Gasteiger partial charge < -0.3 is 10.1 Å². The van der Waals surface area contributed by atoms with Crippen LogP contribution in [0.3, 0.4) is 0 Å². The Kier molecular flexibility index (Phi) is 5.45. The Morgan fingerprint density at radius 2 is 1.68 bits per heavy atom. The molecule has 2 aromatic rings. The molecule has 1 amide bonds. The molecule has 0 heterocycles. The lowest BCUT2D eigenvalue weighted by Gasteiger charge is -2.12. The van der Waals surface area contributed by atoms with Crippen molar-refractivity contribution in [3.05, 3.63) is 56.2 Å². The minimum absolute atomic E-state index is 0.00792. The van der Waals surface area contributed by atoms with Crippen LogP contribution >= 0.6 is 22.6 Å². The van der Waals surface area contributed by atoms with Crippen molar-refractivity contribution in [1.82, 2.24) is 0 Å². The summed E-state index contributed by atoms with van der Waals surface area (Å²) in [6.45, 7) is 8.10. The van der Waals surface area contributed by atoms with E-state index in [1.807, 2.05) is 58.0 Å². The lowest BCUT2D eigenvalue weighted by Crippen LogP contribution is -2.20. The first-order valence-electron chi connectivity index (χ1n) is 7.13. The van der Waals surface area contributed by atoms with E-state index < -0.39 is 0 Å². The van der Waals surface area contributed by atoms with E-state index >= 15 is 0 Å². The van der Waals surface area contributed by atoms with Crippen LogP contribution in [-0.2, 0) is 4.79 Å². The molecule has 0 aromatic heterocycles. The molecule has 4 heteroatoms. The van der Waals surface area contributed by atoms with Crippen molar-refractivity contribution in [3.63, 3.8) is 0 Å². The molecule has 0 saturated heterocycles. The van der Waals surface area contributed by atoms with Gasteiger partial charge >= 0.3 is 0 Å². The van der Waals surface area contributed by atoms with Gasteiger partial charge in [-0.15, -0.1) is 0 Å². The van der Waals surface area contributed by atoms with Crippen molar-refractivity contribution < 1.29 is 9.53 Å². The first-order chi connectivity index (χ1) is 10.4. The van der Waals surface area contributed by atoms with Gasteiger partial charge in [-0.3, -0.25) is 4.79 Å². The van der Waals surface area contributed by atoms with Gasteiger partial charge in [-0.05, 0) is 85.2 Å². The Balaban J connectivity index is 1.99. The van der Waals surface area contributed by atoms with E-state index in [1.54, 1.807) is 0 Å². The zero-order valence-electron chi connectivity index (χ0n) is 13.3. The van der Waals surface area contributed by atoms with Gasteiger partial charge in [0.1, 0.15) is 5.75 Å². The molecule has 1 N–H and O–H groups in total. The molecule has 0 bridgehead atoms. The van der Waals surface area contributed by atoms with Crippen molar-refractivity contribution in [1.29, 1.82) is 0 Å². The van der Waals surface area contributed by atoms with Crippen LogP contribution in [0.2, 0.25) is 0 Å². The van der Waals surface area contributed by atoms with E-state index in [1.165, 1.54) is 9.13 Å². The number of nitrogens with one attached hydrogen (secondary N) is 1. The van der Waals surface area contributed by atoms with Gasteiger partial charge in [-0.25, -0.2) is 0 Å². The molecule has 0 fully saturated rings. The second-order valence-corrected chi connectivity index (χ2v) is 6.61. The SMILES string of the molecule is Cc1ccc(OCC(=O)Nc2cc(C)c(I)c(C)c2)c(C)c1. The smallest absolute Gasteiger partial charge is 0.262 e. The Hall–Kier alpha value is -1.56. The summed E-state index contributed by atoms with van der Waals surface area (Å²) in [4.78, 5) is 12.0. The molecule has 0 saturated carbocycles. The van der Waals surface area contributed by atoms with Gasteiger partial charge in [-0.2, -0.15) is 0 Å². The summed E-state index contributed by atoms with van der Waals surface area (Å²) in [5.74, 6) is 0.593. The van der Waals surface area contributed by atoms with Gasteiger partial charge in [0, 0.05) is 9.26 Å². The van der Waals surface area contributed by atoms with Crippen LogP contribution in [0.25, 0.3) is 0 Å². The number of carbonyl (C=O) groups excluding carboxylic acids is 1. The zero-order valence-corrected chi connectivity index (χ0v) is 15.4. The van der Waals surface area contributed by atoms with Crippen LogP contribution in [0.1, 0.15) is 22.3 Å². The molecule has 3 nitrogen and oxygen atoms in total. The minimum Gasteiger partial charge on any atom is -0.483 e. The number of benzene rings is 2. The van der Waals surface area contributed by atoms with Gasteiger partial charge in [0.05, 0.1) is 0 Å². The van der Waals surface area contributed by atoms with Gasteiger partial charge in [0.25, 0.3) is 5.91 Å². The van der Waals surface area contributed by atoms with Crippen LogP contribution in [0.4, 0.5) is 5.69 Å². The number of hydrogen-bond donors (Lipinski definition) is 1. The Labute approximate surface area is 145 Å². The number of halogens is 1. The highest BCUT2D eigenvalue weighted by Crippen LogP contribution is 2.22. The highest BCUT2D eigenvalue weighted by Gasteiger charge is 2.08. The average molecular weight is 409 g/mol. The molecule has 0 atom stereocenters. The second-order valence-electron chi connectivity index (χ2n) is 5.53. The number of ether oxygens (including phenoxy) is 1. The van der Waals surface area contributed by atoms with E-state index in [2.05, 4.69) is 27.9 Å². The quantitative estimate of drug-likeness (QED) is 0.753. The lowest BCUT2D eigenvalue weighted by atomic mass is 10.1. The summed E-state index contributed by atoms with van der Waals surface area (Å²) in [6.07, 6.45) is 0. The molecule has 0 aliphatic heterocycles. The molecular formula is C18H20INO2. The van der Waals surface area contributed by atoms with E-state index in [-0.39, 0.29) is 12.5 Å². The number of hydrogen-bond acceptors (Lipinski definition) is 2. The van der Waals surface area contributed by atoms with Crippen LogP contribution in [0.5, 0.6) is 5.75 Å². The summed E-state index contributed by atoms with van der Waals surface area (Å²) < 4.78 is 6.82. The Morgan fingerprint density at radius 1 is 1.05 bits per heavy atom. The zero-order chi connectivity index (χ0) is 16.3. The van der Waals surface area contributed by atoms with Crippen molar-refractivity contribution in [2.24, 2.45) is 0 Å². The summed E-state index contributed by atoms with van der Waals surface area (Å²) in [7, 11) is 0. The van der Waals surface area contributed by atoms with Crippen LogP contribution in [-0.4, -0.2) is 12.5 Å². The van der Waals surface area contributed by atoms with Gasteiger partial charge in [0.2, 0.25) is 0 Å². The molecule has 0 aliphatic carbocycles. The van der Waals surface area contributed by atoms with Gasteiger partial charge in [-0.1, -0.05) is 17.7 Å². The van der Waals surface area contributed by atoms with E-state index in [0.717, 1.165) is 28.1 Å². The molecule has 0 spiro atoms. The number of rotatable bonds is 4. The first kappa shape index (κ1) is 16.8. The normalized spacial score (nSPS) is 10.4. The predicted octanol–water partition coefficient (Wildman–Crippen LogP) is 4.54. The molecule has 0 radical (unpaired) electrons. The molecular weight excluding hydrogens is 389 g/mol. The lowest BCUT2D eigenvalue weighted by molar-refractivity contribution is -0.118. The third kappa shape index (κ3) is 4.22. The maximum absolute atomic E-state index is 12.0. The highest BCUT2D eigenvalue weighted by molar-refractivity contribution is 14.1. The monoisotopic (exact) mass is 409 g/mol. The average Bonchev–Trinajstić information content (AvgIpc) is 2.43. The molecule has 22 heavy (non-hydrogen) atoms. The standard InChI is InChI=1S/C18H20INO2/c1-11-5-6-16(12(2)7-11)22-10-17(21)20-15-8-13(3)18(19)14(4)9-15/h5-9H,10H2,1-4H3,(H,20,21). The van der Waals surface area contributed by atoms with Crippen LogP contribution < -0.4 is 10.1 Å². The largest absolute Gasteiger partial charge is 0.483 e. The molecule has 2 aromatic carbocycles. The van der Waals surface area contributed by atoms with Crippen molar-refractivity contribution in [3.8, 4) is 5.75 Å². The van der Waals surface area contributed by atoms with E-state index in [9.17, 15) is 4.79 Å².